The Morgan fingerprint density at radius 2 is 0.903 bits per heavy atom. The van der Waals surface area contributed by atoms with Gasteiger partial charge in [-0.2, -0.15) is 0 Å². The van der Waals surface area contributed by atoms with E-state index >= 15 is 0 Å². The molecule has 6 aromatic rings. The van der Waals surface area contributed by atoms with E-state index in [4.69, 9.17) is 0 Å². The minimum Gasteiger partial charge on any atom is -0.0616 e. The summed E-state index contributed by atoms with van der Waals surface area (Å²) in [4.78, 5) is 0. The molecule has 6 rings (SSSR count). The molecule has 31 heavy (non-hydrogen) atoms. The van der Waals surface area contributed by atoms with Crippen LogP contribution in [0.25, 0.3) is 54.6 Å². The number of benzene rings is 6. The fraction of sp³-hybridized carbons (Fsp3) is 0.0323. The van der Waals surface area contributed by atoms with Crippen LogP contribution in [0.3, 0.4) is 0 Å². The van der Waals surface area contributed by atoms with Gasteiger partial charge in [-0.05, 0) is 67.6 Å². The lowest BCUT2D eigenvalue weighted by Crippen LogP contribution is -1.89. The number of hydrogen-bond donors (Lipinski definition) is 0. The van der Waals surface area contributed by atoms with Crippen LogP contribution in [0.4, 0.5) is 0 Å². The van der Waals surface area contributed by atoms with Crippen LogP contribution >= 0.6 is 0 Å². The van der Waals surface area contributed by atoms with Crippen LogP contribution in [0.15, 0.2) is 115 Å². The van der Waals surface area contributed by atoms with Crippen molar-refractivity contribution in [2.45, 2.75) is 6.92 Å². The van der Waals surface area contributed by atoms with E-state index in [0.717, 1.165) is 0 Å². The summed E-state index contributed by atoms with van der Waals surface area (Å²) in [5.74, 6) is 0. The molecule has 0 saturated heterocycles. The Morgan fingerprint density at radius 3 is 1.52 bits per heavy atom. The van der Waals surface area contributed by atoms with Crippen LogP contribution in [0.5, 0.6) is 0 Å². The van der Waals surface area contributed by atoms with Crippen molar-refractivity contribution in [1.82, 2.24) is 0 Å². The summed E-state index contributed by atoms with van der Waals surface area (Å²) in [6.07, 6.45) is 0. The third kappa shape index (κ3) is 2.92. The van der Waals surface area contributed by atoms with Gasteiger partial charge in [0, 0.05) is 0 Å². The summed E-state index contributed by atoms with van der Waals surface area (Å²) in [5.41, 5.74) is 6.44. The second kappa shape index (κ2) is 7.11. The second-order valence-corrected chi connectivity index (χ2v) is 8.27. The van der Waals surface area contributed by atoms with E-state index in [1.807, 2.05) is 0 Å². The lowest BCUT2D eigenvalue weighted by atomic mass is 9.87. The van der Waals surface area contributed by atoms with Gasteiger partial charge in [0.05, 0.1) is 0 Å². The zero-order valence-corrected chi connectivity index (χ0v) is 17.5. The van der Waals surface area contributed by atoms with Crippen molar-refractivity contribution in [2.75, 3.05) is 0 Å². The molecule has 0 heterocycles. The third-order valence-electron chi connectivity index (χ3n) is 6.33. The van der Waals surface area contributed by atoms with E-state index in [1.54, 1.807) is 0 Å². The van der Waals surface area contributed by atoms with Crippen LogP contribution in [0.1, 0.15) is 5.56 Å². The second-order valence-electron chi connectivity index (χ2n) is 8.27. The molecule has 146 valence electrons. The van der Waals surface area contributed by atoms with Gasteiger partial charge in [-0.3, -0.25) is 0 Å². The normalized spacial score (nSPS) is 11.4. The number of rotatable bonds is 2. The van der Waals surface area contributed by atoms with Gasteiger partial charge in [0.1, 0.15) is 0 Å². The van der Waals surface area contributed by atoms with Gasteiger partial charge in [0.15, 0.2) is 0 Å². The van der Waals surface area contributed by atoms with Gasteiger partial charge in [0.25, 0.3) is 0 Å². The van der Waals surface area contributed by atoms with Crippen LogP contribution in [0.2, 0.25) is 0 Å². The highest BCUT2D eigenvalue weighted by molar-refractivity contribution is 6.18. The molecule has 0 fully saturated rings. The molecule has 0 aliphatic carbocycles. The Hall–Kier alpha value is -3.90. The van der Waals surface area contributed by atoms with Crippen molar-refractivity contribution in [1.29, 1.82) is 0 Å². The molecular formula is C31H22. The smallest absolute Gasteiger partial charge is 0.00206 e. The quantitative estimate of drug-likeness (QED) is 0.257. The van der Waals surface area contributed by atoms with E-state index in [-0.39, 0.29) is 0 Å². The summed E-state index contributed by atoms with van der Waals surface area (Å²) in [6.45, 7) is 2.14. The van der Waals surface area contributed by atoms with Crippen molar-refractivity contribution in [3.63, 3.8) is 0 Å². The van der Waals surface area contributed by atoms with Gasteiger partial charge >= 0.3 is 0 Å². The number of aryl methyl sites for hydroxylation is 1. The molecular weight excluding hydrogens is 372 g/mol. The molecule has 0 amide bonds. The number of fused-ring (bicyclic) bond motifs is 3. The highest BCUT2D eigenvalue weighted by atomic mass is 14.2. The maximum absolute atomic E-state index is 2.31. The molecule has 0 atom stereocenters. The fourth-order valence-corrected chi connectivity index (χ4v) is 4.81. The van der Waals surface area contributed by atoms with Crippen LogP contribution in [0, 0.1) is 6.92 Å². The molecule has 0 heteroatoms. The summed E-state index contributed by atoms with van der Waals surface area (Å²) in [6, 6.07) is 42.0. The van der Waals surface area contributed by atoms with Crippen molar-refractivity contribution < 1.29 is 0 Å². The lowest BCUT2D eigenvalue weighted by Gasteiger charge is -2.16. The maximum Gasteiger partial charge on any atom is -0.00206 e. The Morgan fingerprint density at radius 1 is 0.419 bits per heavy atom. The van der Waals surface area contributed by atoms with Crippen LogP contribution in [-0.2, 0) is 0 Å². The predicted molar refractivity (Wildman–Crippen MR) is 135 cm³/mol. The monoisotopic (exact) mass is 394 g/mol. The highest BCUT2D eigenvalue weighted by Gasteiger charge is 2.14. The molecule has 0 aromatic heterocycles. The van der Waals surface area contributed by atoms with Gasteiger partial charge in [0.2, 0.25) is 0 Å². The summed E-state index contributed by atoms with van der Waals surface area (Å²) in [7, 11) is 0. The Balaban J connectivity index is 1.73. The van der Waals surface area contributed by atoms with E-state index in [0.29, 0.717) is 0 Å². The molecule has 6 aromatic carbocycles. The minimum absolute atomic E-state index is 1.26. The van der Waals surface area contributed by atoms with Crippen LogP contribution < -0.4 is 0 Å². The van der Waals surface area contributed by atoms with Gasteiger partial charge < -0.3 is 0 Å². The molecule has 0 spiro atoms. The largest absolute Gasteiger partial charge is 0.0616 e. The molecule has 0 bridgehead atoms. The maximum atomic E-state index is 2.31. The summed E-state index contributed by atoms with van der Waals surface area (Å²) < 4.78 is 0. The molecule has 0 aliphatic rings. The molecule has 0 N–H and O–H groups in total. The zero-order valence-electron chi connectivity index (χ0n) is 17.5. The van der Waals surface area contributed by atoms with Gasteiger partial charge in [-0.25, -0.2) is 0 Å². The molecule has 0 radical (unpaired) electrons. The molecule has 0 nitrogen and oxygen atoms in total. The van der Waals surface area contributed by atoms with E-state index < -0.39 is 0 Å². The minimum atomic E-state index is 1.26. The highest BCUT2D eigenvalue weighted by Crippen LogP contribution is 2.41. The summed E-state index contributed by atoms with van der Waals surface area (Å²) >= 11 is 0. The first-order chi connectivity index (χ1) is 15.3. The average molecular weight is 395 g/mol. The standard InChI is InChI=1S/C31H22/c1-21-14-16-22(17-15-21)25-18-19-30(29-13-7-6-12-28(25)29)31-26-10-4-2-8-23(26)20-24-9-3-5-11-27(24)31/h2-20H,1H3. The molecule has 0 unspecified atom stereocenters. The topological polar surface area (TPSA) is 0 Å². The Bertz CT molecular complexity index is 1520. The summed E-state index contributed by atoms with van der Waals surface area (Å²) in [5, 5.41) is 7.75. The zero-order chi connectivity index (χ0) is 20.8. The first-order valence-corrected chi connectivity index (χ1v) is 10.8. The Kier molecular flexibility index (Phi) is 4.11. The van der Waals surface area contributed by atoms with Crippen molar-refractivity contribution >= 4 is 32.3 Å². The van der Waals surface area contributed by atoms with Crippen molar-refractivity contribution in [2.24, 2.45) is 0 Å². The number of hydrogen-bond acceptors (Lipinski definition) is 0. The molecule has 0 saturated carbocycles. The Labute approximate surface area is 182 Å². The lowest BCUT2D eigenvalue weighted by molar-refractivity contribution is 1.47. The molecule has 0 aliphatic heterocycles. The van der Waals surface area contributed by atoms with Crippen molar-refractivity contribution in [3.8, 4) is 22.3 Å². The van der Waals surface area contributed by atoms with Gasteiger partial charge in [-0.1, -0.05) is 115 Å². The first-order valence-electron chi connectivity index (χ1n) is 10.8. The fourth-order valence-electron chi connectivity index (χ4n) is 4.81. The van der Waals surface area contributed by atoms with E-state index in [9.17, 15) is 0 Å². The van der Waals surface area contributed by atoms with Crippen molar-refractivity contribution in [3.05, 3.63) is 121 Å². The predicted octanol–water partition coefficient (Wildman–Crippen LogP) is 8.79. The van der Waals surface area contributed by atoms with E-state index in [2.05, 4.69) is 122 Å². The van der Waals surface area contributed by atoms with Crippen LogP contribution in [-0.4, -0.2) is 0 Å². The average Bonchev–Trinajstić information content (AvgIpc) is 2.83. The SMILES string of the molecule is Cc1ccc(-c2ccc(-c3c4ccccc4cc4ccccc34)c3ccccc23)cc1. The third-order valence-corrected chi connectivity index (χ3v) is 6.33. The van der Waals surface area contributed by atoms with E-state index in [1.165, 1.54) is 60.1 Å². The van der Waals surface area contributed by atoms with Gasteiger partial charge in [-0.15, -0.1) is 0 Å². The first kappa shape index (κ1) is 17.9.